The number of aromatic nitrogens is 5. The number of aliphatic carboxylic acids is 4. The Morgan fingerprint density at radius 3 is 2.05 bits per heavy atom. The number of piperidine rings is 1. The SMILES string of the molecule is COc1cc(-c2nn(C3CCN(CC(F)F)CC3)c3ncnc(N)c23)ccc1NC(=O)c1cc2ccccc2n1C.O=C(O)/C=C\C(=O)O.O=C(O)/C=C\C(=O)O. The average molecular weight is 793 g/mol. The largest absolute Gasteiger partial charge is 0.495 e. The number of anilines is 2. The number of hydrogen-bond donors (Lipinski definition) is 6. The van der Waals surface area contributed by atoms with Crippen molar-refractivity contribution in [3.8, 4) is 17.0 Å². The van der Waals surface area contributed by atoms with Crippen molar-refractivity contribution < 1.29 is 57.9 Å². The summed E-state index contributed by atoms with van der Waals surface area (Å²) >= 11 is 0. The van der Waals surface area contributed by atoms with Gasteiger partial charge >= 0.3 is 23.9 Å². The molecule has 1 saturated heterocycles. The number of amides is 1. The quantitative estimate of drug-likeness (QED) is 0.103. The zero-order chi connectivity index (χ0) is 41.8. The third-order valence-electron chi connectivity index (χ3n) is 8.46. The molecule has 1 fully saturated rings. The summed E-state index contributed by atoms with van der Waals surface area (Å²) < 4.78 is 35.1. The molecule has 0 saturated carbocycles. The normalized spacial score (nSPS) is 13.3. The molecule has 18 nitrogen and oxygen atoms in total. The number of nitrogens with two attached hydrogens (primary N) is 1. The van der Waals surface area contributed by atoms with Gasteiger partial charge in [-0.15, -0.1) is 0 Å². The maximum Gasteiger partial charge on any atom is 0.328 e. The summed E-state index contributed by atoms with van der Waals surface area (Å²) in [7, 11) is 3.39. The van der Waals surface area contributed by atoms with Crippen molar-refractivity contribution in [3.63, 3.8) is 0 Å². The number of hydrogen-bond acceptors (Lipinski definition) is 11. The van der Waals surface area contributed by atoms with Gasteiger partial charge in [-0.3, -0.25) is 9.69 Å². The van der Waals surface area contributed by atoms with Crippen LogP contribution in [0.3, 0.4) is 0 Å². The van der Waals surface area contributed by atoms with Gasteiger partial charge in [-0.05, 0) is 37.1 Å². The van der Waals surface area contributed by atoms with Crippen LogP contribution in [0.1, 0.15) is 29.4 Å². The summed E-state index contributed by atoms with van der Waals surface area (Å²) in [5.41, 5.74) is 10.2. The highest BCUT2D eigenvalue weighted by molar-refractivity contribution is 6.07. The highest BCUT2D eigenvalue weighted by Gasteiger charge is 2.27. The van der Waals surface area contributed by atoms with Gasteiger partial charge in [0.2, 0.25) is 0 Å². The van der Waals surface area contributed by atoms with Crippen molar-refractivity contribution in [2.24, 2.45) is 7.05 Å². The van der Waals surface area contributed by atoms with Gasteiger partial charge in [0.25, 0.3) is 12.3 Å². The number of alkyl halides is 2. The molecule has 0 aliphatic carbocycles. The number of likely N-dealkylation sites (tertiary alicyclic amines) is 1. The topological polar surface area (TPSA) is 265 Å². The molecular formula is C37H38F2N8O10. The maximum atomic E-state index is 13.2. The van der Waals surface area contributed by atoms with Crippen molar-refractivity contribution in [1.29, 1.82) is 0 Å². The van der Waals surface area contributed by atoms with Gasteiger partial charge < -0.3 is 40.8 Å². The van der Waals surface area contributed by atoms with Gasteiger partial charge in [-0.2, -0.15) is 5.10 Å². The first-order valence-electron chi connectivity index (χ1n) is 16.9. The number of ether oxygens (including phenoxy) is 1. The number of methoxy groups -OCH3 is 1. The summed E-state index contributed by atoms with van der Waals surface area (Å²) in [6.45, 7) is 0.868. The molecule has 0 unspecified atom stereocenters. The van der Waals surface area contributed by atoms with Crippen LogP contribution in [0.4, 0.5) is 20.3 Å². The molecule has 4 heterocycles. The minimum Gasteiger partial charge on any atom is -0.495 e. The van der Waals surface area contributed by atoms with Crippen molar-refractivity contribution in [1.82, 2.24) is 29.2 Å². The average Bonchev–Trinajstić information content (AvgIpc) is 3.73. The lowest BCUT2D eigenvalue weighted by Gasteiger charge is -2.31. The van der Waals surface area contributed by atoms with E-state index in [9.17, 15) is 32.8 Å². The molecule has 1 aliphatic heterocycles. The molecule has 3 aromatic heterocycles. The van der Waals surface area contributed by atoms with E-state index < -0.39 is 30.3 Å². The first-order chi connectivity index (χ1) is 27.1. The first-order valence-corrected chi connectivity index (χ1v) is 16.9. The molecule has 20 heteroatoms. The van der Waals surface area contributed by atoms with Crippen LogP contribution in [0.15, 0.2) is 79.2 Å². The van der Waals surface area contributed by atoms with Crippen molar-refractivity contribution in [2.45, 2.75) is 25.3 Å². The van der Waals surface area contributed by atoms with Gasteiger partial charge in [0.15, 0.2) is 5.65 Å². The Kier molecular flexibility index (Phi) is 14.5. The Hall–Kier alpha value is -7.22. The minimum atomic E-state index is -2.36. The van der Waals surface area contributed by atoms with E-state index in [0.717, 1.165) is 10.9 Å². The Morgan fingerprint density at radius 1 is 0.912 bits per heavy atom. The van der Waals surface area contributed by atoms with Crippen LogP contribution in [0, 0.1) is 0 Å². The number of halogens is 2. The Balaban J connectivity index is 0.000000379. The summed E-state index contributed by atoms with van der Waals surface area (Å²) in [4.78, 5) is 61.9. The second kappa shape index (κ2) is 19.4. The van der Waals surface area contributed by atoms with Crippen molar-refractivity contribution in [2.75, 3.05) is 37.8 Å². The Morgan fingerprint density at radius 2 is 1.51 bits per heavy atom. The molecule has 6 rings (SSSR count). The van der Waals surface area contributed by atoms with E-state index in [1.54, 1.807) is 17.0 Å². The number of rotatable bonds is 11. The van der Waals surface area contributed by atoms with Crippen LogP contribution in [0.25, 0.3) is 33.2 Å². The van der Waals surface area contributed by atoms with Gasteiger partial charge in [0.1, 0.15) is 29.3 Å². The number of nitrogen functional groups attached to an aromatic ring is 1. The zero-order valence-electron chi connectivity index (χ0n) is 30.5. The number of nitrogens with zero attached hydrogens (tertiary/aromatic N) is 6. The summed E-state index contributed by atoms with van der Waals surface area (Å²) in [6, 6.07) is 15.0. The lowest BCUT2D eigenvalue weighted by Crippen LogP contribution is -2.37. The van der Waals surface area contributed by atoms with Crippen LogP contribution in [-0.4, -0.2) is 113 Å². The fourth-order valence-corrected chi connectivity index (χ4v) is 5.91. The van der Waals surface area contributed by atoms with E-state index >= 15 is 0 Å². The highest BCUT2D eigenvalue weighted by atomic mass is 19.3. The molecule has 2 aromatic carbocycles. The first kappa shape index (κ1) is 42.5. The molecule has 7 N–H and O–H groups in total. The second-order valence-corrected chi connectivity index (χ2v) is 12.2. The third kappa shape index (κ3) is 11.4. The Bertz CT molecular complexity index is 2270. The standard InChI is InChI=1S/C29H30F2N8O2.2C4H4O4/c1-37-21-6-4-3-5-17(21)13-22(37)29(40)35-20-8-7-18(14-23(20)41-2)26-25-27(32)33-16-34-28(25)39(36-26)19-9-11-38(12-10-19)15-24(30)31;2*5-3(6)1-2-4(7)8/h3-8,13-14,16,19,24H,9-12,15H2,1-2H3,(H,35,40)(H2,32,33,34);2*1-2H,(H,5,6)(H,7,8)/b;2*2-1-. The molecule has 1 amide bonds. The fraction of sp³-hybridized carbons (Fsp3) is 0.243. The summed E-state index contributed by atoms with van der Waals surface area (Å²) in [5.74, 6) is -4.55. The predicted molar refractivity (Wildman–Crippen MR) is 202 cm³/mol. The number of para-hydroxylation sites is 1. The van der Waals surface area contributed by atoms with E-state index in [0.29, 0.717) is 95.5 Å². The van der Waals surface area contributed by atoms with Crippen LogP contribution >= 0.6 is 0 Å². The maximum absolute atomic E-state index is 13.2. The van der Waals surface area contributed by atoms with Gasteiger partial charge in [-0.1, -0.05) is 24.3 Å². The van der Waals surface area contributed by atoms with Gasteiger partial charge in [0, 0.05) is 60.9 Å². The molecule has 300 valence electrons. The molecule has 0 atom stereocenters. The number of carboxylic acid groups (broad SMARTS) is 4. The van der Waals surface area contributed by atoms with Crippen LogP contribution < -0.4 is 15.8 Å². The third-order valence-corrected chi connectivity index (χ3v) is 8.46. The lowest BCUT2D eigenvalue weighted by atomic mass is 10.1. The van der Waals surface area contributed by atoms with Crippen LogP contribution in [-0.2, 0) is 26.2 Å². The molecule has 57 heavy (non-hydrogen) atoms. The van der Waals surface area contributed by atoms with Gasteiger partial charge in [0.05, 0.1) is 30.8 Å². The number of benzene rings is 2. The molecule has 0 radical (unpaired) electrons. The van der Waals surface area contributed by atoms with E-state index in [4.69, 9.17) is 36.0 Å². The Labute approximate surface area is 322 Å². The van der Waals surface area contributed by atoms with Crippen LogP contribution in [0.5, 0.6) is 5.75 Å². The van der Waals surface area contributed by atoms with E-state index in [-0.39, 0.29) is 18.5 Å². The number of aryl methyl sites for hydroxylation is 1. The highest BCUT2D eigenvalue weighted by Crippen LogP contribution is 2.37. The molecular weight excluding hydrogens is 754 g/mol. The second-order valence-electron chi connectivity index (χ2n) is 12.2. The zero-order valence-corrected chi connectivity index (χ0v) is 30.5. The minimum absolute atomic E-state index is 0.0178. The summed E-state index contributed by atoms with van der Waals surface area (Å²) in [6.07, 6.45) is 2.60. The number of carbonyl (C=O) groups is 5. The smallest absolute Gasteiger partial charge is 0.328 e. The number of carboxylic acids is 4. The fourth-order valence-electron chi connectivity index (χ4n) is 5.91. The number of nitrogens with one attached hydrogen (secondary N) is 1. The predicted octanol–water partition coefficient (Wildman–Crippen LogP) is 4.15. The monoisotopic (exact) mass is 792 g/mol. The van der Waals surface area contributed by atoms with Crippen molar-refractivity contribution in [3.05, 3.63) is 84.9 Å². The van der Waals surface area contributed by atoms with Gasteiger partial charge in [-0.25, -0.2) is 42.6 Å². The number of fused-ring (bicyclic) bond motifs is 2. The van der Waals surface area contributed by atoms with Crippen LogP contribution in [0.2, 0.25) is 0 Å². The molecule has 1 aliphatic rings. The lowest BCUT2D eigenvalue weighted by molar-refractivity contribution is -0.134. The summed E-state index contributed by atoms with van der Waals surface area (Å²) in [5, 5.41) is 40.7. The molecule has 5 aromatic rings. The molecule has 0 bridgehead atoms. The van der Waals surface area contributed by atoms with E-state index in [1.807, 2.05) is 52.7 Å². The van der Waals surface area contributed by atoms with Crippen molar-refractivity contribution >= 4 is 63.2 Å². The molecule has 0 spiro atoms. The van der Waals surface area contributed by atoms with E-state index in [1.165, 1.54) is 13.4 Å². The number of carbonyl (C=O) groups excluding carboxylic acids is 1. The van der Waals surface area contributed by atoms with E-state index in [2.05, 4.69) is 15.3 Å².